The number of hydrogen-bond donors (Lipinski definition) is 0. The normalized spacial score (nSPS) is 11.9. The molecular formula is C11H20O2Pd. The van der Waals surface area contributed by atoms with E-state index in [-0.39, 0.29) is 38.4 Å². The predicted octanol–water partition coefficient (Wildman–Crippen LogP) is 2.60. The van der Waals surface area contributed by atoms with E-state index in [0.29, 0.717) is 0 Å². The summed E-state index contributed by atoms with van der Waals surface area (Å²) in [6.45, 7) is 11.0. The number of carbonyl (C=O) groups excluding carboxylic acids is 2. The number of rotatable bonds is 2. The molecule has 0 amide bonds. The van der Waals surface area contributed by atoms with E-state index in [0.717, 1.165) is 0 Å². The molecule has 0 fully saturated rings. The second-order valence-corrected chi connectivity index (χ2v) is 5.52. The molecule has 0 N–H and O–H groups in total. The average Bonchev–Trinajstić information content (AvgIpc) is 1.82. The molecule has 0 heterocycles. The minimum atomic E-state index is -0.402. The van der Waals surface area contributed by atoms with Crippen LogP contribution in [0.2, 0.25) is 0 Å². The fraction of sp³-hybridized carbons (Fsp3) is 0.818. The van der Waals surface area contributed by atoms with Crippen molar-refractivity contribution in [1.82, 2.24) is 0 Å². The van der Waals surface area contributed by atoms with Crippen molar-refractivity contribution in [1.29, 1.82) is 0 Å². The first kappa shape index (κ1) is 16.4. The second kappa shape index (κ2) is 5.19. The molecule has 0 atom stereocenters. The molecule has 0 aromatic heterocycles. The van der Waals surface area contributed by atoms with Gasteiger partial charge in [-0.15, -0.1) is 0 Å². The van der Waals surface area contributed by atoms with Crippen molar-refractivity contribution >= 4 is 11.6 Å². The Hall–Kier alpha value is 0.00234. The van der Waals surface area contributed by atoms with Gasteiger partial charge in [0.05, 0.1) is 6.42 Å². The first-order valence-electron chi connectivity index (χ1n) is 4.62. The van der Waals surface area contributed by atoms with Crippen LogP contribution in [0.15, 0.2) is 0 Å². The van der Waals surface area contributed by atoms with E-state index in [1.54, 1.807) is 0 Å². The van der Waals surface area contributed by atoms with E-state index < -0.39 is 10.8 Å². The van der Waals surface area contributed by atoms with Crippen LogP contribution in [-0.2, 0) is 30.0 Å². The summed E-state index contributed by atoms with van der Waals surface area (Å²) in [4.78, 5) is 23.0. The third-order valence-electron chi connectivity index (χ3n) is 1.99. The second-order valence-electron chi connectivity index (χ2n) is 5.52. The molecule has 0 aromatic rings. The zero-order valence-electron chi connectivity index (χ0n) is 9.84. The first-order chi connectivity index (χ1) is 5.55. The summed E-state index contributed by atoms with van der Waals surface area (Å²) in [5, 5.41) is 0. The van der Waals surface area contributed by atoms with Crippen LogP contribution in [0.1, 0.15) is 48.0 Å². The summed E-state index contributed by atoms with van der Waals surface area (Å²) in [7, 11) is 0. The van der Waals surface area contributed by atoms with E-state index in [4.69, 9.17) is 0 Å². The molecular weight excluding hydrogens is 271 g/mol. The van der Waals surface area contributed by atoms with Crippen LogP contribution < -0.4 is 0 Å². The number of hydrogen-bond acceptors (Lipinski definition) is 2. The van der Waals surface area contributed by atoms with Crippen LogP contribution in [0.3, 0.4) is 0 Å². The molecule has 2 nitrogen and oxygen atoms in total. The van der Waals surface area contributed by atoms with Crippen molar-refractivity contribution in [2.75, 3.05) is 0 Å². The van der Waals surface area contributed by atoms with Crippen molar-refractivity contribution < 1.29 is 30.0 Å². The van der Waals surface area contributed by atoms with Crippen molar-refractivity contribution in [2.45, 2.75) is 48.0 Å². The topological polar surface area (TPSA) is 34.1 Å². The van der Waals surface area contributed by atoms with E-state index in [1.807, 2.05) is 41.5 Å². The minimum Gasteiger partial charge on any atom is -0.299 e. The number of Topliss-reactive ketones (excluding diaryl/α,β-unsaturated/α-hetero) is 2. The van der Waals surface area contributed by atoms with Gasteiger partial charge in [-0.3, -0.25) is 9.59 Å². The van der Waals surface area contributed by atoms with Crippen LogP contribution in [-0.4, -0.2) is 11.6 Å². The fourth-order valence-corrected chi connectivity index (χ4v) is 0.676. The zero-order chi connectivity index (χ0) is 10.9. The third kappa shape index (κ3) is 5.67. The molecule has 86 valence electrons. The molecule has 0 radical (unpaired) electrons. The van der Waals surface area contributed by atoms with Crippen LogP contribution in [0, 0.1) is 10.8 Å². The first-order valence-corrected chi connectivity index (χ1v) is 4.62. The van der Waals surface area contributed by atoms with Crippen molar-refractivity contribution in [2.24, 2.45) is 10.8 Å². The van der Waals surface area contributed by atoms with Crippen molar-refractivity contribution in [3.8, 4) is 0 Å². The summed E-state index contributed by atoms with van der Waals surface area (Å²) in [5.41, 5.74) is -0.804. The summed E-state index contributed by atoms with van der Waals surface area (Å²) in [6, 6.07) is 0. The quantitative estimate of drug-likeness (QED) is 0.579. The van der Waals surface area contributed by atoms with Gasteiger partial charge < -0.3 is 0 Å². The molecule has 14 heavy (non-hydrogen) atoms. The molecule has 0 unspecified atom stereocenters. The third-order valence-corrected chi connectivity index (χ3v) is 1.99. The molecule has 0 rings (SSSR count). The van der Waals surface area contributed by atoms with E-state index in [1.165, 1.54) is 0 Å². The predicted molar refractivity (Wildman–Crippen MR) is 53.5 cm³/mol. The Morgan fingerprint density at radius 3 is 1.14 bits per heavy atom. The maximum Gasteiger partial charge on any atom is 0.145 e. The monoisotopic (exact) mass is 290 g/mol. The Balaban J connectivity index is 0. The number of carbonyl (C=O) groups is 2. The van der Waals surface area contributed by atoms with Gasteiger partial charge >= 0.3 is 0 Å². The van der Waals surface area contributed by atoms with E-state index in [9.17, 15) is 9.59 Å². The van der Waals surface area contributed by atoms with Crippen molar-refractivity contribution in [3.05, 3.63) is 0 Å². The molecule has 0 spiro atoms. The Labute approximate surface area is 100 Å². The number of ketones is 2. The van der Waals surface area contributed by atoms with Crippen LogP contribution in [0.4, 0.5) is 0 Å². The molecule has 0 bridgehead atoms. The van der Waals surface area contributed by atoms with Gasteiger partial charge in [0, 0.05) is 31.3 Å². The summed E-state index contributed by atoms with van der Waals surface area (Å²) < 4.78 is 0. The van der Waals surface area contributed by atoms with Crippen molar-refractivity contribution in [3.63, 3.8) is 0 Å². The summed E-state index contributed by atoms with van der Waals surface area (Å²) in [5.74, 6) is 0.0415. The van der Waals surface area contributed by atoms with Gasteiger partial charge in [-0.1, -0.05) is 41.5 Å². The van der Waals surface area contributed by atoms with Gasteiger partial charge in [0.25, 0.3) is 0 Å². The largest absolute Gasteiger partial charge is 0.299 e. The Kier molecular flexibility index (Phi) is 6.09. The van der Waals surface area contributed by atoms with Crippen LogP contribution >= 0.6 is 0 Å². The molecule has 3 heteroatoms. The van der Waals surface area contributed by atoms with Crippen LogP contribution in [0.25, 0.3) is 0 Å². The van der Waals surface area contributed by atoms with Gasteiger partial charge in [0.15, 0.2) is 0 Å². The Bertz CT molecular complexity index is 194. The van der Waals surface area contributed by atoms with Gasteiger partial charge in [0.2, 0.25) is 0 Å². The zero-order valence-corrected chi connectivity index (χ0v) is 11.4. The summed E-state index contributed by atoms with van der Waals surface area (Å²) in [6.07, 6.45) is 0.0625. The molecule has 0 aliphatic carbocycles. The standard InChI is InChI=1S/C11H20O2.Pd/c1-10(2,3)8(12)7-9(13)11(4,5)6;/h7H2,1-6H3;. The van der Waals surface area contributed by atoms with Gasteiger partial charge in [-0.2, -0.15) is 0 Å². The average molecular weight is 291 g/mol. The molecule has 0 aliphatic rings. The molecule has 0 aromatic carbocycles. The minimum absolute atomic E-state index is 0. The molecule has 0 aliphatic heterocycles. The molecule has 0 saturated heterocycles. The Morgan fingerprint density at radius 1 is 0.786 bits per heavy atom. The van der Waals surface area contributed by atoms with E-state index >= 15 is 0 Å². The summed E-state index contributed by atoms with van der Waals surface area (Å²) >= 11 is 0. The van der Waals surface area contributed by atoms with Crippen LogP contribution in [0.5, 0.6) is 0 Å². The maximum absolute atomic E-state index is 11.5. The van der Waals surface area contributed by atoms with Gasteiger partial charge in [0.1, 0.15) is 11.6 Å². The smallest absolute Gasteiger partial charge is 0.145 e. The fourth-order valence-electron chi connectivity index (χ4n) is 0.676. The maximum atomic E-state index is 11.5. The van der Waals surface area contributed by atoms with Gasteiger partial charge in [-0.25, -0.2) is 0 Å². The van der Waals surface area contributed by atoms with Gasteiger partial charge in [-0.05, 0) is 0 Å². The Morgan fingerprint density at radius 2 is 1.00 bits per heavy atom. The molecule has 0 saturated carbocycles. The SMILES string of the molecule is CC(C)(C)C(=O)CC(=O)C(C)(C)C.[Pd]. The van der Waals surface area contributed by atoms with E-state index in [2.05, 4.69) is 0 Å².